The molecule has 27 heavy (non-hydrogen) atoms. The zero-order valence-electron chi connectivity index (χ0n) is 15.7. The van der Waals surface area contributed by atoms with Gasteiger partial charge in [-0.25, -0.2) is 9.37 Å². The summed E-state index contributed by atoms with van der Waals surface area (Å²) in [4.78, 5) is 19.8. The Morgan fingerprint density at radius 2 is 1.70 bits per heavy atom. The van der Waals surface area contributed by atoms with Crippen LogP contribution >= 0.6 is 0 Å². The van der Waals surface area contributed by atoms with Crippen molar-refractivity contribution in [2.24, 2.45) is 0 Å². The number of fused-ring (bicyclic) bond motifs is 1. The van der Waals surface area contributed by atoms with Gasteiger partial charge in [-0.2, -0.15) is 0 Å². The molecule has 138 valence electrons. The monoisotopic (exact) mass is 366 g/mol. The molecule has 1 N–H and O–H groups in total. The van der Waals surface area contributed by atoms with E-state index < -0.39 is 24.1 Å². The molecule has 1 aliphatic rings. The number of aromatic amines is 1. The average Bonchev–Trinajstić information content (AvgIpc) is 2.82. The van der Waals surface area contributed by atoms with Crippen LogP contribution in [0.1, 0.15) is 27.7 Å². The fourth-order valence-electron chi connectivity index (χ4n) is 3.13. The lowest BCUT2D eigenvalue weighted by Crippen LogP contribution is -2.41. The summed E-state index contributed by atoms with van der Waals surface area (Å²) in [5, 5.41) is 0.501. The van der Waals surface area contributed by atoms with Gasteiger partial charge in [0.15, 0.2) is 0 Å². The molecule has 7 heteroatoms. The Labute approximate surface area is 156 Å². The molecule has 0 amide bonds. The maximum atomic E-state index is 14.0. The third-order valence-corrected chi connectivity index (χ3v) is 5.39. The van der Waals surface area contributed by atoms with E-state index >= 15 is 0 Å². The minimum absolute atomic E-state index is 0.250. The van der Waals surface area contributed by atoms with E-state index in [9.17, 15) is 9.18 Å². The summed E-state index contributed by atoms with van der Waals surface area (Å²) < 4.78 is 26.2. The zero-order valence-corrected chi connectivity index (χ0v) is 15.7. The molecule has 0 aliphatic carbocycles. The molecule has 2 aromatic carbocycles. The third kappa shape index (κ3) is 2.97. The van der Waals surface area contributed by atoms with Crippen molar-refractivity contribution in [2.75, 3.05) is 0 Å². The van der Waals surface area contributed by atoms with E-state index in [-0.39, 0.29) is 5.56 Å². The van der Waals surface area contributed by atoms with Crippen molar-refractivity contribution >= 4 is 23.5 Å². The van der Waals surface area contributed by atoms with Crippen molar-refractivity contribution in [3.8, 4) is 11.4 Å². The number of rotatable bonds is 2. The van der Waals surface area contributed by atoms with Gasteiger partial charge in [-0.15, -0.1) is 0 Å². The quantitative estimate of drug-likeness (QED) is 0.709. The van der Waals surface area contributed by atoms with Crippen LogP contribution in [0.4, 0.5) is 4.39 Å². The highest BCUT2D eigenvalue weighted by Gasteiger charge is 2.52. The molecule has 1 fully saturated rings. The number of nitrogens with zero attached hydrogens (tertiary/aromatic N) is 1. The van der Waals surface area contributed by atoms with Crippen LogP contribution < -0.4 is 11.0 Å². The van der Waals surface area contributed by atoms with E-state index in [1.54, 1.807) is 24.3 Å². The number of hydrogen-bond acceptors (Lipinski definition) is 4. The highest BCUT2D eigenvalue weighted by atomic mass is 19.1. The van der Waals surface area contributed by atoms with Gasteiger partial charge >= 0.3 is 7.12 Å². The van der Waals surface area contributed by atoms with Gasteiger partial charge in [-0.1, -0.05) is 12.1 Å². The zero-order chi connectivity index (χ0) is 19.4. The number of aromatic nitrogens is 2. The van der Waals surface area contributed by atoms with Crippen LogP contribution in [0.3, 0.4) is 0 Å². The number of halogens is 1. The predicted octanol–water partition coefficient (Wildman–Crippen LogP) is 3.03. The Hall–Kier alpha value is -2.51. The van der Waals surface area contributed by atoms with Gasteiger partial charge in [0.05, 0.1) is 22.1 Å². The first-order valence-corrected chi connectivity index (χ1v) is 8.82. The molecule has 1 aromatic heterocycles. The lowest BCUT2D eigenvalue weighted by atomic mass is 9.75. The second-order valence-corrected chi connectivity index (χ2v) is 7.75. The Kier molecular flexibility index (Phi) is 3.98. The van der Waals surface area contributed by atoms with E-state index in [4.69, 9.17) is 9.31 Å². The topological polar surface area (TPSA) is 64.2 Å². The summed E-state index contributed by atoms with van der Waals surface area (Å²) >= 11 is 0. The van der Waals surface area contributed by atoms with E-state index in [2.05, 4.69) is 9.97 Å². The Balaban J connectivity index is 1.88. The van der Waals surface area contributed by atoms with Crippen molar-refractivity contribution in [1.29, 1.82) is 0 Å². The van der Waals surface area contributed by atoms with Crippen molar-refractivity contribution in [3.63, 3.8) is 0 Å². The standard InChI is InChI=1S/C20H20BFN2O3/c1-19(2)20(3,4)27-21(26-19)15-11-12(22)9-10-13(15)17-23-16-8-6-5-7-14(16)18(25)24-17/h5-11H,1-4H3,(H,23,24,25). The summed E-state index contributed by atoms with van der Waals surface area (Å²) in [6.07, 6.45) is 0. The molecule has 5 nitrogen and oxygen atoms in total. The molecule has 0 saturated carbocycles. The Bertz CT molecular complexity index is 1080. The fourth-order valence-corrected chi connectivity index (χ4v) is 3.13. The van der Waals surface area contributed by atoms with Crippen molar-refractivity contribution in [3.05, 3.63) is 58.6 Å². The number of benzene rings is 2. The van der Waals surface area contributed by atoms with E-state index in [1.807, 2.05) is 33.8 Å². The second kappa shape index (κ2) is 6.01. The molecule has 2 heterocycles. The third-order valence-electron chi connectivity index (χ3n) is 5.39. The fraction of sp³-hybridized carbons (Fsp3) is 0.300. The van der Waals surface area contributed by atoms with E-state index in [1.165, 1.54) is 12.1 Å². The van der Waals surface area contributed by atoms with Crippen molar-refractivity contribution < 1.29 is 13.7 Å². The number of H-pyrrole nitrogens is 1. The highest BCUT2D eigenvalue weighted by molar-refractivity contribution is 6.63. The van der Waals surface area contributed by atoms with Gasteiger partial charge in [0, 0.05) is 5.56 Å². The smallest absolute Gasteiger partial charge is 0.399 e. The van der Waals surface area contributed by atoms with Crippen LogP contribution in [0.5, 0.6) is 0 Å². The lowest BCUT2D eigenvalue weighted by molar-refractivity contribution is 0.00578. The van der Waals surface area contributed by atoms with Crippen LogP contribution in [0.2, 0.25) is 0 Å². The molecule has 1 saturated heterocycles. The van der Waals surface area contributed by atoms with Crippen molar-refractivity contribution in [2.45, 2.75) is 38.9 Å². The number of para-hydroxylation sites is 1. The summed E-state index contributed by atoms with van der Waals surface area (Å²) in [7, 11) is -0.766. The maximum absolute atomic E-state index is 14.0. The molecule has 0 spiro atoms. The van der Waals surface area contributed by atoms with Gasteiger partial charge in [-0.05, 0) is 63.5 Å². The van der Waals surface area contributed by atoms with Crippen LogP contribution in [0.15, 0.2) is 47.3 Å². The first-order valence-electron chi connectivity index (χ1n) is 8.82. The molecule has 0 unspecified atom stereocenters. The van der Waals surface area contributed by atoms with Gasteiger partial charge in [0.1, 0.15) is 11.6 Å². The predicted molar refractivity (Wildman–Crippen MR) is 103 cm³/mol. The molecule has 1 aliphatic heterocycles. The Morgan fingerprint density at radius 3 is 2.41 bits per heavy atom. The molecule has 3 aromatic rings. The Morgan fingerprint density at radius 1 is 1.04 bits per heavy atom. The largest absolute Gasteiger partial charge is 0.495 e. The van der Waals surface area contributed by atoms with Gasteiger partial charge in [-0.3, -0.25) is 4.79 Å². The second-order valence-electron chi connectivity index (χ2n) is 7.75. The van der Waals surface area contributed by atoms with Gasteiger partial charge < -0.3 is 14.3 Å². The summed E-state index contributed by atoms with van der Waals surface area (Å²) in [6, 6.07) is 11.4. The van der Waals surface area contributed by atoms with E-state index in [0.717, 1.165) is 0 Å². The lowest BCUT2D eigenvalue weighted by Gasteiger charge is -2.32. The summed E-state index contributed by atoms with van der Waals surface area (Å²) in [5.74, 6) is -0.0602. The molecular formula is C20H20BFN2O3. The molecular weight excluding hydrogens is 346 g/mol. The number of hydrogen-bond donors (Lipinski definition) is 1. The summed E-state index contributed by atoms with van der Waals surface area (Å²) in [6.45, 7) is 7.73. The summed E-state index contributed by atoms with van der Waals surface area (Å²) in [5.41, 5.74) is 0.252. The van der Waals surface area contributed by atoms with Crippen LogP contribution in [0.25, 0.3) is 22.3 Å². The first-order chi connectivity index (χ1) is 12.7. The molecule has 0 radical (unpaired) electrons. The SMILES string of the molecule is CC1(C)OB(c2cc(F)ccc2-c2nc3ccccc3c(=O)[nH]2)OC1(C)C. The van der Waals surface area contributed by atoms with Crippen LogP contribution in [0, 0.1) is 5.82 Å². The highest BCUT2D eigenvalue weighted by Crippen LogP contribution is 2.37. The van der Waals surface area contributed by atoms with Gasteiger partial charge in [0.2, 0.25) is 0 Å². The van der Waals surface area contributed by atoms with Crippen LogP contribution in [-0.2, 0) is 9.31 Å². The minimum Gasteiger partial charge on any atom is -0.399 e. The van der Waals surface area contributed by atoms with E-state index in [0.29, 0.717) is 27.8 Å². The minimum atomic E-state index is -0.766. The molecule has 0 bridgehead atoms. The first kappa shape index (κ1) is 17.9. The van der Waals surface area contributed by atoms with Gasteiger partial charge in [0.25, 0.3) is 5.56 Å². The normalized spacial score (nSPS) is 18.2. The van der Waals surface area contributed by atoms with Crippen LogP contribution in [-0.4, -0.2) is 28.3 Å². The van der Waals surface area contributed by atoms with Crippen molar-refractivity contribution in [1.82, 2.24) is 9.97 Å². The molecule has 0 atom stereocenters. The number of nitrogens with one attached hydrogen (secondary N) is 1. The average molecular weight is 366 g/mol. The maximum Gasteiger partial charge on any atom is 0.495 e. The molecule has 4 rings (SSSR count).